The molecule has 0 radical (unpaired) electrons. The number of aryl methyl sites for hydroxylation is 2. The van der Waals surface area contributed by atoms with Crippen molar-refractivity contribution in [2.24, 2.45) is 7.05 Å². The lowest BCUT2D eigenvalue weighted by Gasteiger charge is -2.01. The van der Waals surface area contributed by atoms with Crippen LogP contribution in [-0.2, 0) is 7.05 Å². The van der Waals surface area contributed by atoms with Gasteiger partial charge < -0.3 is 4.98 Å². The van der Waals surface area contributed by atoms with Gasteiger partial charge in [-0.05, 0) is 19.1 Å². The van der Waals surface area contributed by atoms with Crippen LogP contribution in [0.15, 0.2) is 23.0 Å². The zero-order valence-corrected chi connectivity index (χ0v) is 10.2. The molecule has 0 spiro atoms. The maximum Gasteiger partial charge on any atom is 0.257 e. The third-order valence-electron chi connectivity index (χ3n) is 2.95. The Hall–Kier alpha value is -1.81. The van der Waals surface area contributed by atoms with Crippen molar-refractivity contribution in [1.82, 2.24) is 14.8 Å². The van der Waals surface area contributed by atoms with Gasteiger partial charge in [0.2, 0.25) is 0 Å². The fourth-order valence-corrected chi connectivity index (χ4v) is 2.39. The first-order valence-electron chi connectivity index (χ1n) is 5.23. The predicted molar refractivity (Wildman–Crippen MR) is 68.6 cm³/mol. The average Bonchev–Trinajstić information content (AvgIpc) is 2.55. The summed E-state index contributed by atoms with van der Waals surface area (Å²) in [6.07, 6.45) is 0. The van der Waals surface area contributed by atoms with Crippen LogP contribution >= 0.6 is 11.6 Å². The Bertz CT molecular complexity index is 801. The average molecular weight is 248 g/mol. The third kappa shape index (κ3) is 1.37. The molecule has 86 valence electrons. The summed E-state index contributed by atoms with van der Waals surface area (Å²) >= 11 is 5.91. The van der Waals surface area contributed by atoms with Crippen LogP contribution in [0.2, 0.25) is 5.02 Å². The zero-order valence-electron chi connectivity index (χ0n) is 9.41. The Morgan fingerprint density at radius 3 is 2.88 bits per heavy atom. The number of rotatable bonds is 0. The topological polar surface area (TPSA) is 50.7 Å². The predicted octanol–water partition coefficient (Wildman–Crippen LogP) is 2.38. The highest BCUT2D eigenvalue weighted by Gasteiger charge is 2.11. The molecule has 0 unspecified atom stereocenters. The van der Waals surface area contributed by atoms with E-state index in [-0.39, 0.29) is 5.56 Å². The number of nitrogens with zero attached hydrogens (tertiary/aromatic N) is 2. The Morgan fingerprint density at radius 1 is 1.35 bits per heavy atom. The van der Waals surface area contributed by atoms with Gasteiger partial charge in [-0.25, -0.2) is 0 Å². The van der Waals surface area contributed by atoms with Crippen LogP contribution in [0.5, 0.6) is 0 Å². The maximum absolute atomic E-state index is 12.0. The molecule has 4 nitrogen and oxygen atoms in total. The highest BCUT2D eigenvalue weighted by Crippen LogP contribution is 2.25. The molecular weight excluding hydrogens is 238 g/mol. The van der Waals surface area contributed by atoms with Crippen LogP contribution in [0.1, 0.15) is 5.69 Å². The van der Waals surface area contributed by atoms with Crippen LogP contribution in [0.4, 0.5) is 0 Å². The molecule has 1 aromatic carbocycles. The summed E-state index contributed by atoms with van der Waals surface area (Å²) in [6.45, 7) is 1.93. The largest absolute Gasteiger partial charge is 0.306 e. The van der Waals surface area contributed by atoms with Gasteiger partial charge >= 0.3 is 0 Å². The first-order chi connectivity index (χ1) is 8.08. The minimum absolute atomic E-state index is 0.141. The lowest BCUT2D eigenvalue weighted by Crippen LogP contribution is -2.07. The van der Waals surface area contributed by atoms with Gasteiger partial charge in [0.1, 0.15) is 5.65 Å². The van der Waals surface area contributed by atoms with Gasteiger partial charge in [-0.3, -0.25) is 9.48 Å². The van der Waals surface area contributed by atoms with Gasteiger partial charge in [0.25, 0.3) is 5.56 Å². The van der Waals surface area contributed by atoms with Crippen LogP contribution in [-0.4, -0.2) is 14.8 Å². The highest BCUT2D eigenvalue weighted by molar-refractivity contribution is 6.31. The van der Waals surface area contributed by atoms with E-state index < -0.39 is 0 Å². The van der Waals surface area contributed by atoms with Gasteiger partial charge in [-0.15, -0.1) is 0 Å². The van der Waals surface area contributed by atoms with Crippen molar-refractivity contribution in [2.75, 3.05) is 0 Å². The number of hydrogen-bond acceptors (Lipinski definition) is 2. The van der Waals surface area contributed by atoms with Crippen molar-refractivity contribution in [3.05, 3.63) is 39.3 Å². The van der Waals surface area contributed by atoms with Crippen LogP contribution in [0.3, 0.4) is 0 Å². The number of pyridine rings is 1. The number of H-pyrrole nitrogens is 1. The molecule has 0 atom stereocenters. The van der Waals surface area contributed by atoms with Gasteiger partial charge in [-0.1, -0.05) is 17.7 Å². The monoisotopic (exact) mass is 247 g/mol. The molecular formula is C12H10ClN3O. The number of aromatic amines is 1. The van der Waals surface area contributed by atoms with E-state index in [0.717, 1.165) is 22.1 Å². The fourth-order valence-electron chi connectivity index (χ4n) is 2.22. The molecule has 0 bridgehead atoms. The van der Waals surface area contributed by atoms with Crippen molar-refractivity contribution < 1.29 is 0 Å². The molecule has 0 amide bonds. The van der Waals surface area contributed by atoms with Crippen LogP contribution in [0, 0.1) is 6.92 Å². The summed E-state index contributed by atoms with van der Waals surface area (Å²) in [4.78, 5) is 14.8. The smallest absolute Gasteiger partial charge is 0.257 e. The molecule has 17 heavy (non-hydrogen) atoms. The normalized spacial score (nSPS) is 11.5. The molecule has 0 saturated carbocycles. The second-order valence-corrected chi connectivity index (χ2v) is 4.51. The number of nitrogens with one attached hydrogen (secondary N) is 1. The lowest BCUT2D eigenvalue weighted by atomic mass is 10.1. The summed E-state index contributed by atoms with van der Waals surface area (Å²) in [5.74, 6) is 0. The Morgan fingerprint density at radius 2 is 2.12 bits per heavy atom. The second-order valence-electron chi connectivity index (χ2n) is 4.08. The summed E-state index contributed by atoms with van der Waals surface area (Å²) in [6, 6.07) is 5.33. The van der Waals surface area contributed by atoms with Crippen molar-refractivity contribution in [2.45, 2.75) is 6.92 Å². The zero-order chi connectivity index (χ0) is 12.2. The molecule has 3 aromatic rings. The van der Waals surface area contributed by atoms with E-state index in [9.17, 15) is 4.79 Å². The maximum atomic E-state index is 12.0. The van der Waals surface area contributed by atoms with Crippen molar-refractivity contribution in [3.8, 4) is 0 Å². The molecule has 0 saturated heterocycles. The Balaban J connectivity index is 2.68. The minimum Gasteiger partial charge on any atom is -0.306 e. The SMILES string of the molecule is Cc1nn(C)c2[nH]c(=O)c3cc(Cl)ccc3c12. The molecule has 0 aliphatic rings. The summed E-state index contributed by atoms with van der Waals surface area (Å²) in [5.41, 5.74) is 1.49. The molecule has 1 N–H and O–H groups in total. The number of halogens is 1. The minimum atomic E-state index is -0.141. The first-order valence-corrected chi connectivity index (χ1v) is 5.60. The van der Waals surface area contributed by atoms with E-state index in [4.69, 9.17) is 11.6 Å². The molecule has 3 rings (SSSR count). The van der Waals surface area contributed by atoms with Gasteiger partial charge in [-0.2, -0.15) is 5.10 Å². The van der Waals surface area contributed by atoms with Gasteiger partial charge in [0, 0.05) is 28.2 Å². The van der Waals surface area contributed by atoms with Gasteiger partial charge in [0.15, 0.2) is 0 Å². The van der Waals surface area contributed by atoms with Crippen LogP contribution < -0.4 is 5.56 Å². The van der Waals surface area contributed by atoms with E-state index in [1.807, 2.05) is 20.0 Å². The van der Waals surface area contributed by atoms with Gasteiger partial charge in [0.05, 0.1) is 5.69 Å². The summed E-state index contributed by atoms with van der Waals surface area (Å²) in [7, 11) is 1.81. The number of hydrogen-bond donors (Lipinski definition) is 1. The Kier molecular flexibility index (Phi) is 2.03. The molecule has 2 heterocycles. The number of fused-ring (bicyclic) bond motifs is 3. The first kappa shape index (κ1) is 10.4. The molecule has 0 fully saturated rings. The Labute approximate surface area is 102 Å². The van der Waals surface area contributed by atoms with E-state index in [1.54, 1.807) is 16.8 Å². The van der Waals surface area contributed by atoms with Crippen LogP contribution in [0.25, 0.3) is 21.8 Å². The molecule has 2 aromatic heterocycles. The standard InChI is InChI=1S/C12H10ClN3O/c1-6-10-8-4-3-7(13)5-9(8)12(17)14-11(10)16(2)15-6/h3-5H,1-2H3,(H,14,17). The van der Waals surface area contributed by atoms with E-state index in [0.29, 0.717) is 10.4 Å². The summed E-state index contributed by atoms with van der Waals surface area (Å²) < 4.78 is 1.68. The van der Waals surface area contributed by atoms with Crippen molar-refractivity contribution >= 4 is 33.4 Å². The fraction of sp³-hybridized carbons (Fsp3) is 0.167. The molecule has 5 heteroatoms. The molecule has 0 aliphatic heterocycles. The quantitative estimate of drug-likeness (QED) is 0.663. The van der Waals surface area contributed by atoms with E-state index in [2.05, 4.69) is 10.1 Å². The lowest BCUT2D eigenvalue weighted by molar-refractivity contribution is 0.773. The second kappa shape index (κ2) is 3.34. The summed E-state index contributed by atoms with van der Waals surface area (Å²) in [5, 5.41) is 7.33. The van der Waals surface area contributed by atoms with E-state index >= 15 is 0 Å². The van der Waals surface area contributed by atoms with Crippen molar-refractivity contribution in [1.29, 1.82) is 0 Å². The third-order valence-corrected chi connectivity index (χ3v) is 3.18. The molecule has 0 aliphatic carbocycles. The van der Waals surface area contributed by atoms with E-state index in [1.165, 1.54) is 0 Å². The number of aromatic nitrogens is 3. The highest BCUT2D eigenvalue weighted by atomic mass is 35.5. The van der Waals surface area contributed by atoms with Crippen molar-refractivity contribution in [3.63, 3.8) is 0 Å². The number of benzene rings is 1.